The molecule has 0 saturated heterocycles. The van der Waals surface area contributed by atoms with Gasteiger partial charge in [-0.3, -0.25) is 0 Å². The molecule has 0 spiro atoms. The second kappa shape index (κ2) is 3.47. The molecule has 1 nitrogen and oxygen atoms in total. The van der Waals surface area contributed by atoms with Crippen LogP contribution in [0.4, 0.5) is 0 Å². The van der Waals surface area contributed by atoms with Gasteiger partial charge in [-0.1, -0.05) is 0 Å². The average Bonchev–Trinajstić information content (AvgIpc) is 2.57. The van der Waals surface area contributed by atoms with Gasteiger partial charge in [0.25, 0.3) is 0 Å². The SMILES string of the molecule is CSCCC12CCC(CCN)(C1)C2. The van der Waals surface area contributed by atoms with Gasteiger partial charge >= 0.3 is 0 Å². The molecule has 3 saturated carbocycles. The van der Waals surface area contributed by atoms with E-state index in [1.54, 1.807) is 0 Å². The summed E-state index contributed by atoms with van der Waals surface area (Å²) in [5.74, 6) is 1.36. The fourth-order valence-corrected chi connectivity index (χ4v) is 4.29. The van der Waals surface area contributed by atoms with Gasteiger partial charge in [-0.2, -0.15) is 11.8 Å². The normalized spacial score (nSPS) is 42.0. The molecule has 0 radical (unpaired) electrons. The summed E-state index contributed by atoms with van der Waals surface area (Å²) in [4.78, 5) is 0. The van der Waals surface area contributed by atoms with Gasteiger partial charge in [-0.25, -0.2) is 0 Å². The molecule has 0 amide bonds. The number of nitrogens with two attached hydrogens (primary N) is 1. The predicted octanol–water partition coefficient (Wildman–Crippen LogP) is 2.65. The van der Waals surface area contributed by atoms with E-state index in [0.29, 0.717) is 5.41 Å². The number of hydrogen-bond donors (Lipinski definition) is 1. The van der Waals surface area contributed by atoms with Crippen molar-refractivity contribution < 1.29 is 0 Å². The Labute approximate surface area is 85.8 Å². The fourth-order valence-electron chi connectivity index (χ4n) is 3.65. The number of rotatable bonds is 5. The van der Waals surface area contributed by atoms with Crippen LogP contribution in [0.5, 0.6) is 0 Å². The first-order valence-electron chi connectivity index (χ1n) is 5.43. The minimum Gasteiger partial charge on any atom is -0.330 e. The second-order valence-corrected chi connectivity index (χ2v) is 6.12. The zero-order chi connectivity index (χ0) is 9.36. The molecule has 13 heavy (non-hydrogen) atoms. The summed E-state index contributed by atoms with van der Waals surface area (Å²) >= 11 is 2.00. The molecule has 0 aliphatic heterocycles. The molecule has 0 atom stereocenters. The third kappa shape index (κ3) is 1.63. The van der Waals surface area contributed by atoms with Crippen LogP contribution < -0.4 is 5.73 Å². The van der Waals surface area contributed by atoms with Crippen molar-refractivity contribution in [3.8, 4) is 0 Å². The Kier molecular flexibility index (Phi) is 2.63. The maximum absolute atomic E-state index is 5.66. The van der Waals surface area contributed by atoms with Crippen molar-refractivity contribution in [3.63, 3.8) is 0 Å². The Balaban J connectivity index is 1.83. The summed E-state index contributed by atoms with van der Waals surface area (Å²) in [6.45, 7) is 0.901. The third-order valence-corrected chi connectivity index (χ3v) is 4.81. The summed E-state index contributed by atoms with van der Waals surface area (Å²) < 4.78 is 0. The quantitative estimate of drug-likeness (QED) is 0.736. The Bertz CT molecular complexity index is 185. The first kappa shape index (κ1) is 9.85. The lowest BCUT2D eigenvalue weighted by atomic mass is 9.58. The fraction of sp³-hybridized carbons (Fsp3) is 1.00. The summed E-state index contributed by atoms with van der Waals surface area (Å²) in [6, 6.07) is 0. The Hall–Kier alpha value is 0.310. The summed E-state index contributed by atoms with van der Waals surface area (Å²) in [5.41, 5.74) is 7.15. The standard InChI is InChI=1S/C11H21NS/c1-13-7-5-11-3-2-10(8-11,9-11)4-6-12/h2-9,12H2,1H3. The van der Waals surface area contributed by atoms with Gasteiger partial charge < -0.3 is 5.73 Å². The van der Waals surface area contributed by atoms with Gasteiger partial charge in [-0.15, -0.1) is 0 Å². The highest BCUT2D eigenvalue weighted by atomic mass is 32.2. The molecule has 3 aliphatic rings. The van der Waals surface area contributed by atoms with Crippen LogP contribution in [0.25, 0.3) is 0 Å². The van der Waals surface area contributed by atoms with E-state index in [9.17, 15) is 0 Å². The summed E-state index contributed by atoms with van der Waals surface area (Å²) in [7, 11) is 0. The van der Waals surface area contributed by atoms with Crippen LogP contribution in [0.3, 0.4) is 0 Å². The van der Waals surface area contributed by atoms with E-state index < -0.39 is 0 Å². The van der Waals surface area contributed by atoms with Crippen LogP contribution in [0.15, 0.2) is 0 Å². The minimum absolute atomic E-state index is 0.715. The molecule has 0 unspecified atom stereocenters. The van der Waals surface area contributed by atoms with Crippen LogP contribution in [0.1, 0.15) is 38.5 Å². The Morgan fingerprint density at radius 2 is 1.77 bits per heavy atom. The highest BCUT2D eigenvalue weighted by Gasteiger charge is 2.58. The second-order valence-electron chi connectivity index (χ2n) is 5.14. The van der Waals surface area contributed by atoms with Gasteiger partial charge in [0.05, 0.1) is 0 Å². The monoisotopic (exact) mass is 199 g/mol. The van der Waals surface area contributed by atoms with E-state index in [1.807, 2.05) is 11.8 Å². The van der Waals surface area contributed by atoms with Crippen LogP contribution in [0.2, 0.25) is 0 Å². The summed E-state index contributed by atoms with van der Waals surface area (Å²) in [6.07, 6.45) is 10.9. The lowest BCUT2D eigenvalue weighted by molar-refractivity contribution is 0.0376. The van der Waals surface area contributed by atoms with Crippen molar-refractivity contribution in [2.24, 2.45) is 16.6 Å². The molecule has 0 heterocycles. The summed E-state index contributed by atoms with van der Waals surface area (Å²) in [5, 5.41) is 0. The smallest absolute Gasteiger partial charge is 0.00650 e. The van der Waals surface area contributed by atoms with E-state index in [1.165, 1.54) is 44.3 Å². The first-order valence-corrected chi connectivity index (χ1v) is 6.83. The molecular formula is C11H21NS. The first-order chi connectivity index (χ1) is 6.24. The van der Waals surface area contributed by atoms with Crippen molar-refractivity contribution in [3.05, 3.63) is 0 Å². The Morgan fingerprint density at radius 3 is 2.31 bits per heavy atom. The Morgan fingerprint density at radius 1 is 1.15 bits per heavy atom. The van der Waals surface area contributed by atoms with Crippen LogP contribution in [-0.4, -0.2) is 18.6 Å². The molecule has 3 aliphatic carbocycles. The van der Waals surface area contributed by atoms with E-state index in [4.69, 9.17) is 5.73 Å². The highest BCUT2D eigenvalue weighted by molar-refractivity contribution is 7.98. The van der Waals surface area contributed by atoms with Crippen LogP contribution >= 0.6 is 11.8 Å². The third-order valence-electron chi connectivity index (χ3n) is 4.20. The maximum Gasteiger partial charge on any atom is -0.00650 e. The molecule has 3 rings (SSSR count). The molecule has 76 valence electrons. The van der Waals surface area contributed by atoms with Crippen LogP contribution in [0, 0.1) is 10.8 Å². The van der Waals surface area contributed by atoms with Crippen molar-refractivity contribution in [1.82, 2.24) is 0 Å². The number of thioether (sulfide) groups is 1. The minimum atomic E-state index is 0.715. The van der Waals surface area contributed by atoms with Gasteiger partial charge in [-0.05, 0) is 67.9 Å². The largest absolute Gasteiger partial charge is 0.330 e. The molecule has 2 heteroatoms. The molecule has 0 aromatic heterocycles. The molecule has 3 fully saturated rings. The predicted molar refractivity (Wildman–Crippen MR) is 60.0 cm³/mol. The number of hydrogen-bond acceptors (Lipinski definition) is 2. The molecular weight excluding hydrogens is 178 g/mol. The highest BCUT2D eigenvalue weighted by Crippen LogP contribution is 2.69. The molecule has 2 N–H and O–H groups in total. The number of fused-ring (bicyclic) bond motifs is 1. The van der Waals surface area contributed by atoms with E-state index in [2.05, 4.69) is 6.26 Å². The lowest BCUT2D eigenvalue weighted by Crippen LogP contribution is -2.39. The van der Waals surface area contributed by atoms with Crippen molar-refractivity contribution >= 4 is 11.8 Å². The zero-order valence-electron chi connectivity index (χ0n) is 8.64. The molecule has 0 aromatic rings. The molecule has 2 bridgehead atoms. The zero-order valence-corrected chi connectivity index (χ0v) is 9.46. The van der Waals surface area contributed by atoms with Gasteiger partial charge in [0, 0.05) is 0 Å². The topological polar surface area (TPSA) is 26.0 Å². The van der Waals surface area contributed by atoms with Gasteiger partial charge in [0.1, 0.15) is 0 Å². The maximum atomic E-state index is 5.66. The van der Waals surface area contributed by atoms with Crippen molar-refractivity contribution in [2.75, 3.05) is 18.6 Å². The van der Waals surface area contributed by atoms with Crippen LogP contribution in [-0.2, 0) is 0 Å². The van der Waals surface area contributed by atoms with Gasteiger partial charge in [0.2, 0.25) is 0 Å². The average molecular weight is 199 g/mol. The van der Waals surface area contributed by atoms with Gasteiger partial charge in [0.15, 0.2) is 0 Å². The van der Waals surface area contributed by atoms with E-state index in [0.717, 1.165) is 12.0 Å². The van der Waals surface area contributed by atoms with E-state index in [-0.39, 0.29) is 0 Å². The molecule has 0 aromatic carbocycles. The lowest BCUT2D eigenvalue weighted by Gasteiger charge is -2.48. The van der Waals surface area contributed by atoms with Crippen molar-refractivity contribution in [1.29, 1.82) is 0 Å². The van der Waals surface area contributed by atoms with E-state index >= 15 is 0 Å². The van der Waals surface area contributed by atoms with Crippen molar-refractivity contribution in [2.45, 2.75) is 38.5 Å².